The number of ether oxygens (including phenoxy) is 1. The fraction of sp³-hybridized carbons (Fsp3) is 0.762. The van der Waals surface area contributed by atoms with Gasteiger partial charge in [-0.1, -0.05) is 40.7 Å². The SMILES string of the molecule is CNC(C)(COC)C(=O)NC(C(=O)N(C)C(/C=C(\C)C(=O)O)C(C)C)C(C)(C)C. The van der Waals surface area contributed by atoms with Gasteiger partial charge in [0.2, 0.25) is 11.8 Å². The molecule has 0 saturated heterocycles. The quantitative estimate of drug-likeness (QED) is 0.470. The van der Waals surface area contributed by atoms with E-state index in [0.29, 0.717) is 0 Å². The van der Waals surface area contributed by atoms with Crippen molar-refractivity contribution in [2.45, 2.75) is 66.1 Å². The predicted molar refractivity (Wildman–Crippen MR) is 114 cm³/mol. The molecule has 0 aromatic carbocycles. The molecule has 0 aromatic heterocycles. The first-order valence-corrected chi connectivity index (χ1v) is 9.79. The lowest BCUT2D eigenvalue weighted by molar-refractivity contribution is -0.142. The molecule has 168 valence electrons. The number of hydrogen-bond acceptors (Lipinski definition) is 5. The first-order valence-electron chi connectivity index (χ1n) is 9.79. The summed E-state index contributed by atoms with van der Waals surface area (Å²) in [5.41, 5.74) is -1.38. The van der Waals surface area contributed by atoms with Crippen LogP contribution in [-0.4, -0.2) is 73.2 Å². The first-order chi connectivity index (χ1) is 13.1. The first kappa shape index (κ1) is 27.1. The van der Waals surface area contributed by atoms with Crippen LogP contribution in [-0.2, 0) is 19.1 Å². The van der Waals surface area contributed by atoms with E-state index in [2.05, 4.69) is 10.6 Å². The molecule has 29 heavy (non-hydrogen) atoms. The van der Waals surface area contributed by atoms with Crippen LogP contribution in [0.4, 0.5) is 0 Å². The highest BCUT2D eigenvalue weighted by atomic mass is 16.5. The standard InChI is InChI=1S/C21H39N3O5/c1-13(2)15(11-14(3)18(26)27)24(9)17(25)16(20(4,5)6)23-19(28)21(7,22-8)12-29-10/h11,13,15-16,22H,12H2,1-10H3,(H,23,28)(H,26,27)/b14-11+. The number of carbonyl (C=O) groups is 3. The number of amides is 2. The summed E-state index contributed by atoms with van der Waals surface area (Å²) in [6.07, 6.45) is 1.58. The molecule has 0 spiro atoms. The van der Waals surface area contributed by atoms with Gasteiger partial charge in [-0.05, 0) is 32.2 Å². The Morgan fingerprint density at radius 2 is 1.69 bits per heavy atom. The monoisotopic (exact) mass is 413 g/mol. The van der Waals surface area contributed by atoms with E-state index in [1.807, 2.05) is 34.6 Å². The van der Waals surface area contributed by atoms with Crippen molar-refractivity contribution in [3.8, 4) is 0 Å². The highest BCUT2D eigenvalue weighted by molar-refractivity contribution is 5.92. The Bertz CT molecular complexity index is 624. The van der Waals surface area contributed by atoms with E-state index in [1.165, 1.54) is 18.9 Å². The molecule has 0 saturated carbocycles. The Balaban J connectivity index is 5.89. The minimum Gasteiger partial charge on any atom is -0.478 e. The number of rotatable bonds is 10. The van der Waals surface area contributed by atoms with Crippen molar-refractivity contribution in [3.05, 3.63) is 11.6 Å². The maximum absolute atomic E-state index is 13.4. The molecule has 0 bridgehead atoms. The van der Waals surface area contributed by atoms with Crippen LogP contribution in [0.1, 0.15) is 48.5 Å². The predicted octanol–water partition coefficient (Wildman–Crippen LogP) is 1.66. The third-order valence-electron chi connectivity index (χ3n) is 5.11. The van der Waals surface area contributed by atoms with Crippen molar-refractivity contribution >= 4 is 17.8 Å². The average Bonchev–Trinajstić information content (AvgIpc) is 2.61. The molecule has 0 aliphatic heterocycles. The molecule has 0 heterocycles. The van der Waals surface area contributed by atoms with Crippen LogP contribution in [0.5, 0.6) is 0 Å². The number of carboxylic acids is 1. The molecule has 0 rings (SSSR count). The molecule has 0 aromatic rings. The van der Waals surface area contributed by atoms with Gasteiger partial charge in [0, 0.05) is 19.7 Å². The fourth-order valence-corrected chi connectivity index (χ4v) is 2.91. The van der Waals surface area contributed by atoms with Crippen molar-refractivity contribution in [2.24, 2.45) is 11.3 Å². The third kappa shape index (κ3) is 7.44. The molecule has 0 aliphatic carbocycles. The number of hydrogen-bond donors (Lipinski definition) is 3. The van der Waals surface area contributed by atoms with Crippen molar-refractivity contribution in [3.63, 3.8) is 0 Å². The van der Waals surface area contributed by atoms with Crippen LogP contribution < -0.4 is 10.6 Å². The van der Waals surface area contributed by atoms with E-state index in [4.69, 9.17) is 4.74 Å². The Morgan fingerprint density at radius 3 is 2.03 bits per heavy atom. The zero-order valence-corrected chi connectivity index (χ0v) is 19.5. The summed E-state index contributed by atoms with van der Waals surface area (Å²) in [5, 5.41) is 15.0. The van der Waals surface area contributed by atoms with E-state index in [1.54, 1.807) is 27.1 Å². The molecular weight excluding hydrogens is 374 g/mol. The molecule has 3 unspecified atom stereocenters. The number of aliphatic carboxylic acids is 1. The molecule has 3 N–H and O–H groups in total. The molecule has 8 nitrogen and oxygen atoms in total. The van der Waals surface area contributed by atoms with Gasteiger partial charge in [0.25, 0.3) is 0 Å². The Morgan fingerprint density at radius 1 is 1.17 bits per heavy atom. The molecule has 2 amide bonds. The maximum Gasteiger partial charge on any atom is 0.331 e. The number of methoxy groups -OCH3 is 1. The van der Waals surface area contributed by atoms with Crippen molar-refractivity contribution in [1.82, 2.24) is 15.5 Å². The van der Waals surface area contributed by atoms with Crippen LogP contribution in [0.25, 0.3) is 0 Å². The normalized spacial score (nSPS) is 16.7. The minimum atomic E-state index is -1.03. The van der Waals surface area contributed by atoms with Gasteiger partial charge in [-0.3, -0.25) is 9.59 Å². The summed E-state index contributed by atoms with van der Waals surface area (Å²) in [6, 6.07) is -1.22. The fourth-order valence-electron chi connectivity index (χ4n) is 2.91. The van der Waals surface area contributed by atoms with Crippen molar-refractivity contribution in [1.29, 1.82) is 0 Å². The van der Waals surface area contributed by atoms with Gasteiger partial charge < -0.3 is 25.4 Å². The number of likely N-dealkylation sites (N-methyl/N-ethyl adjacent to an activating group) is 2. The summed E-state index contributed by atoms with van der Waals surface area (Å²) < 4.78 is 5.15. The van der Waals surface area contributed by atoms with Gasteiger partial charge in [-0.2, -0.15) is 0 Å². The summed E-state index contributed by atoms with van der Waals surface area (Å²) >= 11 is 0. The second-order valence-electron chi connectivity index (χ2n) is 9.13. The van der Waals surface area contributed by atoms with Crippen LogP contribution in [0.15, 0.2) is 11.6 Å². The van der Waals surface area contributed by atoms with Gasteiger partial charge in [0.15, 0.2) is 0 Å². The topological polar surface area (TPSA) is 108 Å². The van der Waals surface area contributed by atoms with Gasteiger partial charge >= 0.3 is 5.97 Å². The summed E-state index contributed by atoms with van der Waals surface area (Å²) in [4.78, 5) is 39.1. The van der Waals surface area contributed by atoms with Crippen LogP contribution in [0.2, 0.25) is 0 Å². The smallest absolute Gasteiger partial charge is 0.331 e. The number of nitrogens with zero attached hydrogens (tertiary/aromatic N) is 1. The third-order valence-corrected chi connectivity index (χ3v) is 5.11. The number of carboxylic acid groups (broad SMARTS) is 1. The van der Waals surface area contributed by atoms with Crippen LogP contribution in [0.3, 0.4) is 0 Å². The molecule has 3 atom stereocenters. The van der Waals surface area contributed by atoms with Crippen molar-refractivity contribution < 1.29 is 24.2 Å². The van der Waals surface area contributed by atoms with Gasteiger partial charge in [-0.25, -0.2) is 4.79 Å². The van der Waals surface area contributed by atoms with E-state index >= 15 is 0 Å². The van der Waals surface area contributed by atoms with Crippen molar-refractivity contribution in [2.75, 3.05) is 27.8 Å². The second-order valence-corrected chi connectivity index (χ2v) is 9.13. The number of carbonyl (C=O) groups excluding carboxylic acids is 2. The van der Waals surface area contributed by atoms with Crippen LogP contribution >= 0.6 is 0 Å². The lowest BCUT2D eigenvalue weighted by atomic mass is 9.84. The molecule has 0 fully saturated rings. The van der Waals surface area contributed by atoms with E-state index < -0.39 is 29.0 Å². The minimum absolute atomic E-state index is 0.00867. The molecule has 8 heteroatoms. The second kappa shape index (κ2) is 10.7. The Kier molecular flexibility index (Phi) is 10.0. The summed E-state index contributed by atoms with van der Waals surface area (Å²) in [7, 11) is 4.80. The molecular formula is C21H39N3O5. The highest BCUT2D eigenvalue weighted by Crippen LogP contribution is 2.24. The van der Waals surface area contributed by atoms with Gasteiger partial charge in [0.05, 0.1) is 12.6 Å². The van der Waals surface area contributed by atoms with E-state index in [0.717, 1.165) is 0 Å². The maximum atomic E-state index is 13.4. The lowest BCUT2D eigenvalue weighted by Crippen LogP contribution is -2.63. The van der Waals surface area contributed by atoms with E-state index in [9.17, 15) is 19.5 Å². The largest absolute Gasteiger partial charge is 0.478 e. The Labute approximate surface area is 175 Å². The zero-order chi connectivity index (χ0) is 23.2. The average molecular weight is 414 g/mol. The van der Waals surface area contributed by atoms with Crippen LogP contribution in [0, 0.1) is 11.3 Å². The van der Waals surface area contributed by atoms with Gasteiger partial charge in [-0.15, -0.1) is 0 Å². The highest BCUT2D eigenvalue weighted by Gasteiger charge is 2.41. The summed E-state index contributed by atoms with van der Waals surface area (Å²) in [6.45, 7) is 12.8. The summed E-state index contributed by atoms with van der Waals surface area (Å²) in [5.74, 6) is -1.66. The zero-order valence-electron chi connectivity index (χ0n) is 19.5. The van der Waals surface area contributed by atoms with Gasteiger partial charge in [0.1, 0.15) is 11.6 Å². The lowest BCUT2D eigenvalue weighted by Gasteiger charge is -2.39. The molecule has 0 aliphatic rings. The number of nitrogens with one attached hydrogen (secondary N) is 2. The molecule has 0 radical (unpaired) electrons. The Hall–Kier alpha value is -1.93. The van der Waals surface area contributed by atoms with E-state index in [-0.39, 0.29) is 29.9 Å².